The monoisotopic (exact) mass is 312 g/mol. The van der Waals surface area contributed by atoms with Gasteiger partial charge in [-0.05, 0) is 43.3 Å². The molecule has 5 heteroatoms. The summed E-state index contributed by atoms with van der Waals surface area (Å²) in [5.41, 5.74) is 1.60. The van der Waals surface area contributed by atoms with Crippen LogP contribution in [0.5, 0.6) is 0 Å². The van der Waals surface area contributed by atoms with Gasteiger partial charge < -0.3 is 0 Å². The van der Waals surface area contributed by atoms with Crippen LogP contribution in [0.4, 0.5) is 5.69 Å². The van der Waals surface area contributed by atoms with E-state index in [1.165, 1.54) is 5.01 Å². The molecule has 0 saturated heterocycles. The summed E-state index contributed by atoms with van der Waals surface area (Å²) in [5, 5.41) is 6.07. The third-order valence-electron chi connectivity index (χ3n) is 3.52. The molecule has 1 aliphatic heterocycles. The number of Topliss-reactive ketones (excluding diaryl/α,β-unsaturated/α-hetero) is 1. The molecule has 110 valence electrons. The van der Waals surface area contributed by atoms with Crippen LogP contribution in [0, 0.1) is 5.92 Å². The van der Waals surface area contributed by atoms with E-state index in [1.807, 2.05) is 18.2 Å². The van der Waals surface area contributed by atoms with Crippen LogP contribution in [0.2, 0.25) is 5.02 Å². The van der Waals surface area contributed by atoms with Crippen molar-refractivity contribution < 1.29 is 9.59 Å². The van der Waals surface area contributed by atoms with Crippen LogP contribution in [0.15, 0.2) is 59.7 Å². The molecule has 2 aromatic rings. The summed E-state index contributed by atoms with van der Waals surface area (Å²) in [4.78, 5) is 25.1. The van der Waals surface area contributed by atoms with Gasteiger partial charge in [-0.2, -0.15) is 10.1 Å². The number of hydrazone groups is 1. The SMILES string of the molecule is CC1=NN(c2ccccc2)C(=O)[C@H]1C(=O)c1ccc(Cl)cc1. The van der Waals surface area contributed by atoms with Crippen LogP contribution in [0.1, 0.15) is 17.3 Å². The number of anilines is 1. The van der Waals surface area contributed by atoms with E-state index in [0.29, 0.717) is 22.0 Å². The van der Waals surface area contributed by atoms with Gasteiger partial charge in [0.1, 0.15) is 5.92 Å². The average Bonchev–Trinajstić information content (AvgIpc) is 2.83. The van der Waals surface area contributed by atoms with Crippen LogP contribution in [0.3, 0.4) is 0 Å². The molecule has 0 N–H and O–H groups in total. The fourth-order valence-electron chi connectivity index (χ4n) is 2.40. The zero-order chi connectivity index (χ0) is 15.7. The Hall–Kier alpha value is -2.46. The summed E-state index contributed by atoms with van der Waals surface area (Å²) < 4.78 is 0. The molecule has 0 aliphatic carbocycles. The van der Waals surface area contributed by atoms with Crippen molar-refractivity contribution in [2.75, 3.05) is 5.01 Å². The Morgan fingerprint density at radius 2 is 1.73 bits per heavy atom. The molecule has 0 fully saturated rings. The second-order valence-corrected chi connectivity index (χ2v) is 5.47. The molecule has 2 aromatic carbocycles. The molecule has 3 rings (SSSR count). The van der Waals surface area contributed by atoms with Crippen LogP contribution in [0.25, 0.3) is 0 Å². The smallest absolute Gasteiger partial charge is 0.264 e. The Bertz CT molecular complexity index is 754. The zero-order valence-electron chi connectivity index (χ0n) is 11.9. The van der Waals surface area contributed by atoms with Gasteiger partial charge in [0.05, 0.1) is 11.4 Å². The minimum absolute atomic E-state index is 0.263. The predicted octanol–water partition coefficient (Wildman–Crippen LogP) is 3.56. The molecular formula is C17H13ClN2O2. The van der Waals surface area contributed by atoms with Crippen molar-refractivity contribution >= 4 is 34.7 Å². The van der Waals surface area contributed by atoms with Crippen molar-refractivity contribution in [3.8, 4) is 0 Å². The first-order valence-corrected chi connectivity index (χ1v) is 7.19. The number of hydrogen-bond donors (Lipinski definition) is 0. The lowest BCUT2D eigenvalue weighted by Crippen LogP contribution is -2.32. The highest BCUT2D eigenvalue weighted by Gasteiger charge is 2.39. The number of nitrogens with zero attached hydrogens (tertiary/aromatic N) is 2. The molecule has 1 atom stereocenters. The lowest BCUT2D eigenvalue weighted by Gasteiger charge is -2.13. The molecule has 0 unspecified atom stereocenters. The molecule has 0 saturated carbocycles. The maximum Gasteiger partial charge on any atom is 0.264 e. The van der Waals surface area contributed by atoms with Gasteiger partial charge in [-0.1, -0.05) is 29.8 Å². The van der Waals surface area contributed by atoms with Crippen LogP contribution < -0.4 is 5.01 Å². The Balaban J connectivity index is 1.90. The Labute approximate surface area is 133 Å². The minimum atomic E-state index is -0.874. The van der Waals surface area contributed by atoms with Gasteiger partial charge in [-0.25, -0.2) is 0 Å². The van der Waals surface area contributed by atoms with Crippen molar-refractivity contribution in [2.45, 2.75) is 6.92 Å². The summed E-state index contributed by atoms with van der Waals surface area (Å²) in [6.07, 6.45) is 0. The summed E-state index contributed by atoms with van der Waals surface area (Å²) >= 11 is 5.83. The summed E-state index contributed by atoms with van der Waals surface area (Å²) in [6, 6.07) is 15.6. The van der Waals surface area contributed by atoms with E-state index in [-0.39, 0.29) is 11.7 Å². The van der Waals surface area contributed by atoms with E-state index < -0.39 is 5.92 Å². The number of halogens is 1. The molecule has 1 amide bonds. The summed E-state index contributed by atoms with van der Waals surface area (Å²) in [5.74, 6) is -1.47. The van der Waals surface area contributed by atoms with E-state index >= 15 is 0 Å². The number of carbonyl (C=O) groups excluding carboxylic acids is 2. The van der Waals surface area contributed by atoms with Crippen molar-refractivity contribution in [3.05, 3.63) is 65.2 Å². The number of hydrogen-bond acceptors (Lipinski definition) is 3. The van der Waals surface area contributed by atoms with Crippen LogP contribution in [-0.2, 0) is 4.79 Å². The third-order valence-corrected chi connectivity index (χ3v) is 3.77. The van der Waals surface area contributed by atoms with Crippen molar-refractivity contribution in [1.82, 2.24) is 0 Å². The second kappa shape index (κ2) is 5.73. The maximum absolute atomic E-state index is 12.6. The first-order valence-electron chi connectivity index (χ1n) is 6.82. The highest BCUT2D eigenvalue weighted by Crippen LogP contribution is 2.26. The number of benzene rings is 2. The Morgan fingerprint density at radius 1 is 1.09 bits per heavy atom. The normalized spacial score (nSPS) is 17.5. The van der Waals surface area contributed by atoms with Crippen molar-refractivity contribution in [3.63, 3.8) is 0 Å². The fraction of sp³-hybridized carbons (Fsp3) is 0.118. The standard InChI is InChI=1S/C17H13ClN2O2/c1-11-15(16(21)12-7-9-13(18)10-8-12)17(22)20(19-11)14-5-3-2-4-6-14/h2-10,15H,1H3/t15-/m1/s1. The molecule has 0 bridgehead atoms. The van der Waals surface area contributed by atoms with Gasteiger partial charge in [0, 0.05) is 10.6 Å². The second-order valence-electron chi connectivity index (χ2n) is 5.03. The van der Waals surface area contributed by atoms with Gasteiger partial charge in [0.25, 0.3) is 5.91 Å². The molecule has 1 aliphatic rings. The first-order chi connectivity index (χ1) is 10.6. The molecular weight excluding hydrogens is 300 g/mol. The topological polar surface area (TPSA) is 49.7 Å². The number of rotatable bonds is 3. The van der Waals surface area contributed by atoms with E-state index in [9.17, 15) is 9.59 Å². The zero-order valence-corrected chi connectivity index (χ0v) is 12.6. The van der Waals surface area contributed by atoms with Crippen molar-refractivity contribution in [2.24, 2.45) is 11.0 Å². The average molecular weight is 313 g/mol. The van der Waals surface area contributed by atoms with Gasteiger partial charge >= 0.3 is 0 Å². The Morgan fingerprint density at radius 3 is 2.36 bits per heavy atom. The van der Waals surface area contributed by atoms with E-state index in [1.54, 1.807) is 43.3 Å². The minimum Gasteiger partial charge on any atom is -0.293 e. The van der Waals surface area contributed by atoms with Gasteiger partial charge in [0.15, 0.2) is 5.78 Å². The Kier molecular flexibility index (Phi) is 3.77. The number of carbonyl (C=O) groups is 2. The quantitative estimate of drug-likeness (QED) is 0.642. The van der Waals surface area contributed by atoms with Gasteiger partial charge in [-0.15, -0.1) is 0 Å². The van der Waals surface area contributed by atoms with Crippen molar-refractivity contribution in [1.29, 1.82) is 0 Å². The number of ketones is 1. The van der Waals surface area contributed by atoms with Crippen LogP contribution in [-0.4, -0.2) is 17.4 Å². The lowest BCUT2D eigenvalue weighted by atomic mass is 9.94. The summed E-state index contributed by atoms with van der Waals surface area (Å²) in [6.45, 7) is 1.69. The molecule has 0 radical (unpaired) electrons. The predicted molar refractivity (Wildman–Crippen MR) is 86.3 cm³/mol. The third kappa shape index (κ3) is 2.53. The molecule has 1 heterocycles. The first kappa shape index (κ1) is 14.5. The number of para-hydroxylation sites is 1. The highest BCUT2D eigenvalue weighted by atomic mass is 35.5. The van der Waals surface area contributed by atoms with Gasteiger partial charge in [0.2, 0.25) is 0 Å². The maximum atomic E-state index is 12.6. The van der Waals surface area contributed by atoms with E-state index in [0.717, 1.165) is 0 Å². The fourth-order valence-corrected chi connectivity index (χ4v) is 2.53. The molecule has 4 nitrogen and oxygen atoms in total. The largest absolute Gasteiger partial charge is 0.293 e. The van der Waals surface area contributed by atoms with Crippen LogP contribution >= 0.6 is 11.6 Å². The summed E-state index contributed by atoms with van der Waals surface area (Å²) in [7, 11) is 0. The molecule has 0 spiro atoms. The highest BCUT2D eigenvalue weighted by molar-refractivity contribution is 6.32. The molecule has 22 heavy (non-hydrogen) atoms. The lowest BCUT2D eigenvalue weighted by molar-refractivity contribution is -0.118. The van der Waals surface area contributed by atoms with E-state index in [4.69, 9.17) is 11.6 Å². The van der Waals surface area contributed by atoms with E-state index in [2.05, 4.69) is 5.10 Å². The molecule has 0 aromatic heterocycles. The number of amides is 1. The van der Waals surface area contributed by atoms with Gasteiger partial charge in [-0.3, -0.25) is 9.59 Å².